The summed E-state index contributed by atoms with van der Waals surface area (Å²) in [6.45, 7) is 7.72. The molecule has 0 saturated carbocycles. The van der Waals surface area contributed by atoms with E-state index >= 15 is 0 Å². The average molecular weight is 648 g/mol. The van der Waals surface area contributed by atoms with Crippen LogP contribution in [0.15, 0.2) is 54.6 Å². The van der Waals surface area contributed by atoms with Crippen molar-refractivity contribution in [3.8, 4) is 0 Å². The fraction of sp³-hybridized carbons (Fsp3) is 0.515. The number of ether oxygens (including phenoxy) is 4. The van der Waals surface area contributed by atoms with Gasteiger partial charge < -0.3 is 34.9 Å². The Balaban J connectivity index is 1.90. The first-order valence-electron chi connectivity index (χ1n) is 15.0. The summed E-state index contributed by atoms with van der Waals surface area (Å²) in [6, 6.07) is 15.4. The number of benzene rings is 2. The molecule has 0 aromatic heterocycles. The number of carbonyl (C=O) groups is 4. The SMILES string of the molecule is COC(=O)C[C@H](CCCCNC(=O)OCc1ccccc1Cl)NC(=O)C[C@@H](NC(=O)OC(C)(C)C)[C@@H](C)OCc1ccccc1. The lowest BCUT2D eigenvalue weighted by molar-refractivity contribution is -0.141. The average Bonchev–Trinajstić information content (AvgIpc) is 2.98. The third kappa shape index (κ3) is 16.2. The molecule has 0 unspecified atom stereocenters. The standard InChI is InChI=1S/C33H46ClN3O8/c1-23(43-21-24-13-7-6-8-14-24)28(37-32(41)45-33(2,3)4)20-29(38)36-26(19-30(39)42-5)16-11-12-18-35-31(40)44-22-25-15-9-10-17-27(25)34/h6-10,13-15,17,23,26,28H,11-12,16,18-22H2,1-5H3,(H,35,40)(H,36,38)(H,37,41)/t23-,26+,28-/m1/s1. The van der Waals surface area contributed by atoms with Crippen LogP contribution in [0.4, 0.5) is 9.59 Å². The number of rotatable bonds is 17. The first kappa shape index (κ1) is 37.4. The summed E-state index contributed by atoms with van der Waals surface area (Å²) < 4.78 is 21.4. The summed E-state index contributed by atoms with van der Waals surface area (Å²) in [6.07, 6.45) is -0.259. The Hall–Kier alpha value is -3.83. The minimum atomic E-state index is -0.724. The van der Waals surface area contributed by atoms with E-state index < -0.39 is 41.9 Å². The number of hydrogen-bond donors (Lipinski definition) is 3. The maximum Gasteiger partial charge on any atom is 0.407 e. The minimum absolute atomic E-state index is 0.0280. The highest BCUT2D eigenvalue weighted by molar-refractivity contribution is 6.31. The highest BCUT2D eigenvalue weighted by Crippen LogP contribution is 2.16. The van der Waals surface area contributed by atoms with Gasteiger partial charge >= 0.3 is 18.2 Å². The molecule has 2 rings (SSSR count). The van der Waals surface area contributed by atoms with Gasteiger partial charge in [0.05, 0.1) is 32.3 Å². The van der Waals surface area contributed by atoms with Crippen LogP contribution in [0.3, 0.4) is 0 Å². The number of esters is 1. The molecule has 3 amide bonds. The third-order valence-corrected chi connectivity index (χ3v) is 6.97. The van der Waals surface area contributed by atoms with Gasteiger partial charge in [0.25, 0.3) is 0 Å². The van der Waals surface area contributed by atoms with Gasteiger partial charge in [0.15, 0.2) is 0 Å². The van der Waals surface area contributed by atoms with E-state index in [4.69, 9.17) is 30.5 Å². The lowest BCUT2D eigenvalue weighted by atomic mass is 10.0. The molecule has 2 aromatic rings. The Morgan fingerprint density at radius 3 is 2.22 bits per heavy atom. The van der Waals surface area contributed by atoms with Crippen LogP contribution < -0.4 is 16.0 Å². The largest absolute Gasteiger partial charge is 0.469 e. The van der Waals surface area contributed by atoms with E-state index in [1.807, 2.05) is 36.4 Å². The Morgan fingerprint density at radius 1 is 0.867 bits per heavy atom. The van der Waals surface area contributed by atoms with Crippen LogP contribution in [-0.2, 0) is 41.8 Å². The summed E-state index contributed by atoms with van der Waals surface area (Å²) in [5.74, 6) is -0.842. The van der Waals surface area contributed by atoms with Gasteiger partial charge in [-0.15, -0.1) is 0 Å². The topological polar surface area (TPSA) is 141 Å². The minimum Gasteiger partial charge on any atom is -0.469 e. The summed E-state index contributed by atoms with van der Waals surface area (Å²) >= 11 is 6.09. The molecule has 0 aliphatic carbocycles. The van der Waals surface area contributed by atoms with Gasteiger partial charge in [0.2, 0.25) is 5.91 Å². The van der Waals surface area contributed by atoms with Crippen LogP contribution in [0.1, 0.15) is 70.9 Å². The summed E-state index contributed by atoms with van der Waals surface area (Å²) in [7, 11) is 1.28. The van der Waals surface area contributed by atoms with E-state index in [0.717, 1.165) is 5.56 Å². The smallest absolute Gasteiger partial charge is 0.407 e. The van der Waals surface area contributed by atoms with Crippen molar-refractivity contribution < 1.29 is 38.1 Å². The molecule has 0 heterocycles. The molecule has 0 saturated heterocycles. The summed E-state index contributed by atoms with van der Waals surface area (Å²) in [5, 5.41) is 8.86. The van der Waals surface area contributed by atoms with Crippen LogP contribution in [0.5, 0.6) is 0 Å². The molecule has 0 bridgehead atoms. The van der Waals surface area contributed by atoms with Gasteiger partial charge in [-0.3, -0.25) is 9.59 Å². The van der Waals surface area contributed by atoms with Crippen molar-refractivity contribution in [2.75, 3.05) is 13.7 Å². The second-order valence-corrected chi connectivity index (χ2v) is 12.0. The number of halogens is 1. The van der Waals surface area contributed by atoms with E-state index in [1.54, 1.807) is 45.9 Å². The van der Waals surface area contributed by atoms with Gasteiger partial charge in [0, 0.05) is 29.6 Å². The van der Waals surface area contributed by atoms with Crippen LogP contribution in [0.25, 0.3) is 0 Å². The number of nitrogens with one attached hydrogen (secondary N) is 3. The van der Waals surface area contributed by atoms with E-state index in [2.05, 4.69) is 16.0 Å². The molecule has 12 heteroatoms. The van der Waals surface area contributed by atoms with Crippen molar-refractivity contribution in [3.05, 3.63) is 70.7 Å². The number of methoxy groups -OCH3 is 1. The molecular formula is C33H46ClN3O8. The predicted molar refractivity (Wildman–Crippen MR) is 171 cm³/mol. The second kappa shape index (κ2) is 19.5. The van der Waals surface area contributed by atoms with E-state index in [0.29, 0.717) is 43.0 Å². The number of amides is 3. The van der Waals surface area contributed by atoms with Crippen molar-refractivity contribution in [2.24, 2.45) is 0 Å². The lowest BCUT2D eigenvalue weighted by Gasteiger charge is -2.28. The summed E-state index contributed by atoms with van der Waals surface area (Å²) in [5.41, 5.74) is 0.931. The van der Waals surface area contributed by atoms with Gasteiger partial charge in [-0.05, 0) is 58.6 Å². The molecule has 0 aliphatic rings. The maximum absolute atomic E-state index is 13.2. The van der Waals surface area contributed by atoms with E-state index in [9.17, 15) is 19.2 Å². The van der Waals surface area contributed by atoms with Crippen molar-refractivity contribution in [1.82, 2.24) is 16.0 Å². The Labute approximate surface area is 270 Å². The van der Waals surface area contributed by atoms with Crippen molar-refractivity contribution in [1.29, 1.82) is 0 Å². The Bertz CT molecular complexity index is 1220. The first-order chi connectivity index (χ1) is 21.4. The third-order valence-electron chi connectivity index (χ3n) is 6.60. The maximum atomic E-state index is 13.2. The lowest BCUT2D eigenvalue weighted by Crippen LogP contribution is -2.49. The first-order valence-corrected chi connectivity index (χ1v) is 15.4. The van der Waals surface area contributed by atoms with Crippen molar-refractivity contribution in [2.45, 2.75) is 96.8 Å². The molecule has 11 nitrogen and oxygen atoms in total. The van der Waals surface area contributed by atoms with E-state index in [-0.39, 0.29) is 25.4 Å². The summed E-state index contributed by atoms with van der Waals surface area (Å²) in [4.78, 5) is 49.9. The number of carbonyl (C=O) groups excluding carboxylic acids is 4. The molecule has 0 fully saturated rings. The van der Waals surface area contributed by atoms with Gasteiger partial charge in [-0.1, -0.05) is 60.1 Å². The van der Waals surface area contributed by atoms with Crippen LogP contribution in [0, 0.1) is 0 Å². The molecular weight excluding hydrogens is 602 g/mol. The molecule has 2 aromatic carbocycles. The van der Waals surface area contributed by atoms with Gasteiger partial charge in [-0.2, -0.15) is 0 Å². The van der Waals surface area contributed by atoms with E-state index in [1.165, 1.54) is 7.11 Å². The van der Waals surface area contributed by atoms with Gasteiger partial charge in [0.1, 0.15) is 12.2 Å². The normalized spacial score (nSPS) is 13.1. The monoisotopic (exact) mass is 647 g/mol. The van der Waals surface area contributed by atoms with Crippen LogP contribution in [-0.4, -0.2) is 61.5 Å². The molecule has 0 spiro atoms. The van der Waals surface area contributed by atoms with Crippen LogP contribution in [0.2, 0.25) is 5.02 Å². The molecule has 3 atom stereocenters. The van der Waals surface area contributed by atoms with Crippen LogP contribution >= 0.6 is 11.6 Å². The molecule has 0 radical (unpaired) electrons. The fourth-order valence-corrected chi connectivity index (χ4v) is 4.41. The number of alkyl carbamates (subject to hydrolysis) is 2. The molecule has 0 aliphatic heterocycles. The second-order valence-electron chi connectivity index (χ2n) is 11.6. The highest BCUT2D eigenvalue weighted by Gasteiger charge is 2.27. The molecule has 45 heavy (non-hydrogen) atoms. The number of unbranched alkanes of at least 4 members (excludes halogenated alkanes) is 1. The Morgan fingerprint density at radius 2 is 1.56 bits per heavy atom. The zero-order chi connectivity index (χ0) is 33.2. The highest BCUT2D eigenvalue weighted by atomic mass is 35.5. The zero-order valence-corrected chi connectivity index (χ0v) is 27.5. The zero-order valence-electron chi connectivity index (χ0n) is 26.7. The molecule has 248 valence electrons. The quantitative estimate of drug-likeness (QED) is 0.113. The fourth-order valence-electron chi connectivity index (χ4n) is 4.22. The van der Waals surface area contributed by atoms with Gasteiger partial charge in [-0.25, -0.2) is 9.59 Å². The molecule has 3 N–H and O–H groups in total. The Kier molecular flexibility index (Phi) is 16.2. The van der Waals surface area contributed by atoms with Crippen molar-refractivity contribution in [3.63, 3.8) is 0 Å². The number of hydrogen-bond acceptors (Lipinski definition) is 8. The van der Waals surface area contributed by atoms with Crippen molar-refractivity contribution >= 4 is 35.7 Å². The predicted octanol–water partition coefficient (Wildman–Crippen LogP) is 5.67.